The maximum atomic E-state index is 11.6. The first-order valence-electron chi connectivity index (χ1n) is 6.23. The molecule has 0 atom stereocenters. The van der Waals surface area contributed by atoms with Crippen molar-refractivity contribution in [1.29, 1.82) is 0 Å². The number of aromatic carboxylic acids is 1. The number of hydrogen-bond donors (Lipinski definition) is 1. The van der Waals surface area contributed by atoms with E-state index in [9.17, 15) is 14.7 Å². The van der Waals surface area contributed by atoms with Crippen LogP contribution in [-0.2, 0) is 6.61 Å². The van der Waals surface area contributed by atoms with E-state index in [0.717, 1.165) is 5.56 Å². The van der Waals surface area contributed by atoms with Gasteiger partial charge in [-0.05, 0) is 47.2 Å². The molecular weight excluding hydrogens is 383 g/mol. The Kier molecular flexibility index (Phi) is 4.95. The summed E-state index contributed by atoms with van der Waals surface area (Å²) in [5.74, 6) is -0.972. The number of ketones is 1. The van der Waals surface area contributed by atoms with Gasteiger partial charge in [0.1, 0.15) is 12.4 Å². The third-order valence-corrected chi connectivity index (χ3v) is 3.75. The second-order valence-electron chi connectivity index (χ2n) is 4.46. The summed E-state index contributed by atoms with van der Waals surface area (Å²) in [5, 5.41) is 9.24. The first kappa shape index (κ1) is 15.5. The second kappa shape index (κ2) is 6.71. The molecule has 5 heteroatoms. The lowest BCUT2D eigenvalue weighted by Crippen LogP contribution is -2.09. The summed E-state index contributed by atoms with van der Waals surface area (Å²) in [6.07, 6.45) is 0. The van der Waals surface area contributed by atoms with Crippen LogP contribution >= 0.6 is 22.6 Å². The molecule has 2 aromatic rings. The van der Waals surface area contributed by atoms with Gasteiger partial charge in [0.05, 0.1) is 5.56 Å². The van der Waals surface area contributed by atoms with E-state index in [1.807, 2.05) is 52.9 Å². The van der Waals surface area contributed by atoms with E-state index in [4.69, 9.17) is 4.74 Å². The molecule has 0 bridgehead atoms. The summed E-state index contributed by atoms with van der Waals surface area (Å²) >= 11 is 1.95. The van der Waals surface area contributed by atoms with Crippen LogP contribution in [0.1, 0.15) is 33.2 Å². The molecule has 2 rings (SSSR count). The summed E-state index contributed by atoms with van der Waals surface area (Å²) < 4.78 is 6.19. The van der Waals surface area contributed by atoms with Crippen LogP contribution in [0.5, 0.6) is 5.75 Å². The van der Waals surface area contributed by atoms with Crippen molar-refractivity contribution in [3.8, 4) is 5.75 Å². The van der Waals surface area contributed by atoms with Gasteiger partial charge in [0, 0.05) is 9.13 Å². The van der Waals surface area contributed by atoms with Gasteiger partial charge in [-0.1, -0.05) is 30.3 Å². The predicted molar refractivity (Wildman–Crippen MR) is 86.9 cm³/mol. The molecule has 4 nitrogen and oxygen atoms in total. The van der Waals surface area contributed by atoms with Crippen LogP contribution in [0.2, 0.25) is 0 Å². The van der Waals surface area contributed by atoms with Gasteiger partial charge in [-0.2, -0.15) is 0 Å². The van der Waals surface area contributed by atoms with E-state index in [0.29, 0.717) is 15.9 Å². The third-order valence-electron chi connectivity index (χ3n) is 2.89. The molecule has 0 aromatic heterocycles. The molecule has 0 unspecified atom stereocenters. The fraction of sp³-hybridized carbons (Fsp3) is 0.125. The average molecular weight is 396 g/mol. The maximum Gasteiger partial charge on any atom is 0.336 e. The Hall–Kier alpha value is -1.89. The highest BCUT2D eigenvalue weighted by molar-refractivity contribution is 14.1. The van der Waals surface area contributed by atoms with E-state index < -0.39 is 5.97 Å². The van der Waals surface area contributed by atoms with Crippen LogP contribution in [0.15, 0.2) is 42.5 Å². The topological polar surface area (TPSA) is 63.6 Å². The van der Waals surface area contributed by atoms with Crippen molar-refractivity contribution < 1.29 is 19.4 Å². The van der Waals surface area contributed by atoms with E-state index in [1.54, 1.807) is 6.07 Å². The molecule has 21 heavy (non-hydrogen) atoms. The SMILES string of the molecule is CC(=O)c1c(I)cc(OCc2ccccc2)cc1C(=O)O. The average Bonchev–Trinajstić information content (AvgIpc) is 2.45. The van der Waals surface area contributed by atoms with Gasteiger partial charge >= 0.3 is 5.97 Å². The molecule has 0 amide bonds. The van der Waals surface area contributed by atoms with Crippen molar-refractivity contribution in [2.45, 2.75) is 13.5 Å². The maximum absolute atomic E-state index is 11.6. The highest BCUT2D eigenvalue weighted by atomic mass is 127. The number of carboxylic acids is 1. The number of ether oxygens (including phenoxy) is 1. The van der Waals surface area contributed by atoms with Crippen LogP contribution in [0, 0.1) is 3.57 Å². The van der Waals surface area contributed by atoms with Gasteiger partial charge < -0.3 is 9.84 Å². The fourth-order valence-electron chi connectivity index (χ4n) is 1.93. The zero-order valence-electron chi connectivity index (χ0n) is 11.3. The van der Waals surface area contributed by atoms with E-state index in [1.165, 1.54) is 13.0 Å². The van der Waals surface area contributed by atoms with Crippen LogP contribution < -0.4 is 4.74 Å². The van der Waals surface area contributed by atoms with Gasteiger partial charge in [-0.3, -0.25) is 4.79 Å². The van der Waals surface area contributed by atoms with Crippen molar-refractivity contribution in [1.82, 2.24) is 0 Å². The van der Waals surface area contributed by atoms with Gasteiger partial charge in [-0.25, -0.2) is 4.79 Å². The molecule has 0 saturated heterocycles. The number of carboxylic acid groups (broad SMARTS) is 1. The Morgan fingerprint density at radius 3 is 2.43 bits per heavy atom. The van der Waals surface area contributed by atoms with Crippen LogP contribution in [0.4, 0.5) is 0 Å². The molecule has 108 valence electrons. The van der Waals surface area contributed by atoms with Gasteiger partial charge in [0.25, 0.3) is 0 Å². The van der Waals surface area contributed by atoms with Crippen molar-refractivity contribution >= 4 is 34.3 Å². The smallest absolute Gasteiger partial charge is 0.336 e. The second-order valence-corrected chi connectivity index (χ2v) is 5.63. The monoisotopic (exact) mass is 396 g/mol. The summed E-state index contributed by atoms with van der Waals surface area (Å²) in [5.41, 5.74) is 1.17. The van der Waals surface area contributed by atoms with Gasteiger partial charge in [0.2, 0.25) is 0 Å². The number of benzene rings is 2. The van der Waals surface area contributed by atoms with E-state index in [-0.39, 0.29) is 16.9 Å². The minimum absolute atomic E-state index is 0.0301. The molecule has 2 aromatic carbocycles. The van der Waals surface area contributed by atoms with Gasteiger partial charge in [-0.15, -0.1) is 0 Å². The van der Waals surface area contributed by atoms with Crippen LogP contribution in [0.25, 0.3) is 0 Å². The van der Waals surface area contributed by atoms with Crippen molar-refractivity contribution in [2.75, 3.05) is 0 Å². The normalized spacial score (nSPS) is 10.2. The standard InChI is InChI=1S/C16H13IO4/c1-10(18)15-13(16(19)20)7-12(8-14(15)17)21-9-11-5-3-2-4-6-11/h2-8H,9H2,1H3,(H,19,20). The third kappa shape index (κ3) is 3.81. The Morgan fingerprint density at radius 1 is 1.19 bits per heavy atom. The number of hydrogen-bond acceptors (Lipinski definition) is 3. The highest BCUT2D eigenvalue weighted by Gasteiger charge is 2.18. The molecule has 0 aliphatic rings. The molecule has 0 radical (unpaired) electrons. The Bertz CT molecular complexity index is 680. The largest absolute Gasteiger partial charge is 0.489 e. The quantitative estimate of drug-likeness (QED) is 0.618. The van der Waals surface area contributed by atoms with Crippen molar-refractivity contribution in [3.63, 3.8) is 0 Å². The molecular formula is C16H13IO4. The molecule has 0 fully saturated rings. The lowest BCUT2D eigenvalue weighted by Gasteiger charge is -2.11. The van der Waals surface area contributed by atoms with E-state index >= 15 is 0 Å². The molecule has 0 spiro atoms. The number of carbonyl (C=O) groups is 2. The van der Waals surface area contributed by atoms with Crippen molar-refractivity contribution in [3.05, 3.63) is 62.7 Å². The Labute approximate surface area is 135 Å². The number of Topliss-reactive ketones (excluding diaryl/α,β-unsaturated/α-hetero) is 1. The zero-order valence-corrected chi connectivity index (χ0v) is 13.5. The molecule has 1 N–H and O–H groups in total. The molecule has 0 aliphatic heterocycles. The summed E-state index contributed by atoms with van der Waals surface area (Å²) in [4.78, 5) is 22.9. The van der Waals surface area contributed by atoms with E-state index in [2.05, 4.69) is 0 Å². The minimum atomic E-state index is -1.14. The number of carbonyl (C=O) groups excluding carboxylic acids is 1. The van der Waals surface area contributed by atoms with Crippen LogP contribution in [0.3, 0.4) is 0 Å². The lowest BCUT2D eigenvalue weighted by molar-refractivity contribution is 0.0691. The molecule has 0 heterocycles. The molecule has 0 aliphatic carbocycles. The number of halogens is 1. The Balaban J connectivity index is 2.29. The summed E-state index contributed by atoms with van der Waals surface area (Å²) in [7, 11) is 0. The van der Waals surface area contributed by atoms with Crippen LogP contribution in [-0.4, -0.2) is 16.9 Å². The molecule has 0 saturated carbocycles. The highest BCUT2D eigenvalue weighted by Crippen LogP contribution is 2.25. The Morgan fingerprint density at radius 2 is 1.86 bits per heavy atom. The predicted octanol–water partition coefficient (Wildman–Crippen LogP) is 3.77. The minimum Gasteiger partial charge on any atom is -0.489 e. The van der Waals surface area contributed by atoms with Crippen molar-refractivity contribution in [2.24, 2.45) is 0 Å². The summed E-state index contributed by atoms with van der Waals surface area (Å²) in [6, 6.07) is 12.6. The summed E-state index contributed by atoms with van der Waals surface area (Å²) in [6.45, 7) is 1.70. The fourth-order valence-corrected chi connectivity index (χ4v) is 2.91. The number of rotatable bonds is 5. The first-order chi connectivity index (χ1) is 9.99. The lowest BCUT2D eigenvalue weighted by atomic mass is 10.0. The van der Waals surface area contributed by atoms with Gasteiger partial charge in [0.15, 0.2) is 5.78 Å². The first-order valence-corrected chi connectivity index (χ1v) is 7.31. The zero-order chi connectivity index (χ0) is 15.4.